The molecule has 6 nitrogen and oxygen atoms in total. The molecule has 0 atom stereocenters. The van der Waals surface area contributed by atoms with Gasteiger partial charge in [-0.3, -0.25) is 5.10 Å². The van der Waals surface area contributed by atoms with Gasteiger partial charge in [-0.1, -0.05) is 6.92 Å². The van der Waals surface area contributed by atoms with Gasteiger partial charge in [0.15, 0.2) is 5.03 Å². The molecule has 1 rings (SSSR count). The Balaban J connectivity index is 2.83. The van der Waals surface area contributed by atoms with E-state index in [9.17, 15) is 8.42 Å². The molecule has 7 heteroatoms. The van der Waals surface area contributed by atoms with Gasteiger partial charge in [-0.2, -0.15) is 9.40 Å². The molecule has 15 heavy (non-hydrogen) atoms. The Hall–Kier alpha value is -0.920. The highest BCUT2D eigenvalue weighted by atomic mass is 32.2. The van der Waals surface area contributed by atoms with Crippen LogP contribution in [0.5, 0.6) is 0 Å². The summed E-state index contributed by atoms with van der Waals surface area (Å²) in [7, 11) is -1.91. The van der Waals surface area contributed by atoms with Crippen molar-refractivity contribution in [1.29, 1.82) is 0 Å². The minimum Gasteiger partial charge on any atom is -0.383 e. The fraction of sp³-hybridized carbons (Fsp3) is 0.625. The number of aromatic nitrogens is 2. The van der Waals surface area contributed by atoms with Crippen LogP contribution in [0, 0.1) is 0 Å². The van der Waals surface area contributed by atoms with Crippen molar-refractivity contribution in [3.05, 3.63) is 12.3 Å². The standard InChI is InChI=1S/C8H15N3O3S/c1-3-11(6-7-14-2)15(12,13)8-4-5-9-10-8/h4-5H,3,6-7H2,1-2H3,(H,9,10). The molecule has 1 heterocycles. The quantitative estimate of drug-likeness (QED) is 0.754. The Kier molecular flexibility index (Phi) is 4.25. The molecule has 0 saturated heterocycles. The molecule has 0 saturated carbocycles. The minimum absolute atomic E-state index is 0.112. The van der Waals surface area contributed by atoms with E-state index in [-0.39, 0.29) is 5.03 Å². The molecule has 0 radical (unpaired) electrons. The van der Waals surface area contributed by atoms with Crippen LogP contribution >= 0.6 is 0 Å². The van der Waals surface area contributed by atoms with Crippen LogP contribution in [-0.2, 0) is 14.8 Å². The maximum Gasteiger partial charge on any atom is 0.260 e. The number of methoxy groups -OCH3 is 1. The smallest absolute Gasteiger partial charge is 0.260 e. The highest BCUT2D eigenvalue weighted by Gasteiger charge is 2.23. The van der Waals surface area contributed by atoms with Crippen LogP contribution < -0.4 is 0 Å². The average molecular weight is 233 g/mol. The Bertz CT molecular complexity index is 374. The molecule has 86 valence electrons. The van der Waals surface area contributed by atoms with Gasteiger partial charge in [0.25, 0.3) is 10.0 Å². The highest BCUT2D eigenvalue weighted by Crippen LogP contribution is 2.11. The van der Waals surface area contributed by atoms with Crippen LogP contribution in [-0.4, -0.2) is 49.7 Å². The molecule has 1 aromatic heterocycles. The molecule has 0 amide bonds. The van der Waals surface area contributed by atoms with Gasteiger partial charge < -0.3 is 4.74 Å². The lowest BCUT2D eigenvalue weighted by Gasteiger charge is -2.18. The number of rotatable bonds is 6. The molecule has 1 aromatic rings. The van der Waals surface area contributed by atoms with Crippen molar-refractivity contribution in [1.82, 2.24) is 14.5 Å². The number of hydrogen-bond acceptors (Lipinski definition) is 4. The Morgan fingerprint density at radius 1 is 1.60 bits per heavy atom. The van der Waals surface area contributed by atoms with Crippen LogP contribution in [0.2, 0.25) is 0 Å². The van der Waals surface area contributed by atoms with Crippen molar-refractivity contribution in [2.45, 2.75) is 11.9 Å². The van der Waals surface area contributed by atoms with Crippen molar-refractivity contribution in [2.75, 3.05) is 26.8 Å². The highest BCUT2D eigenvalue weighted by molar-refractivity contribution is 7.89. The van der Waals surface area contributed by atoms with Crippen LogP contribution in [0.3, 0.4) is 0 Å². The van der Waals surface area contributed by atoms with Crippen molar-refractivity contribution in [2.24, 2.45) is 0 Å². The second kappa shape index (κ2) is 5.24. The third kappa shape index (κ3) is 2.77. The van der Waals surface area contributed by atoms with E-state index >= 15 is 0 Å². The first kappa shape index (κ1) is 12.2. The first-order chi connectivity index (χ1) is 7.12. The van der Waals surface area contributed by atoms with Crippen LogP contribution in [0.1, 0.15) is 6.92 Å². The van der Waals surface area contributed by atoms with Crippen molar-refractivity contribution < 1.29 is 13.2 Å². The Morgan fingerprint density at radius 2 is 2.33 bits per heavy atom. The predicted octanol–water partition coefficient (Wildman–Crippen LogP) is 0.0667. The van der Waals surface area contributed by atoms with Crippen molar-refractivity contribution in [3.63, 3.8) is 0 Å². The summed E-state index contributed by atoms with van der Waals surface area (Å²) in [5.74, 6) is 0. The molecule has 0 unspecified atom stereocenters. The van der Waals surface area contributed by atoms with Crippen molar-refractivity contribution in [3.8, 4) is 0 Å². The van der Waals surface area contributed by atoms with E-state index in [0.29, 0.717) is 19.7 Å². The topological polar surface area (TPSA) is 75.3 Å². The third-order valence-electron chi connectivity index (χ3n) is 1.99. The number of sulfonamides is 1. The summed E-state index contributed by atoms with van der Waals surface area (Å²) in [6.07, 6.45) is 1.41. The van der Waals surface area contributed by atoms with Gasteiger partial charge >= 0.3 is 0 Å². The van der Waals surface area contributed by atoms with Gasteiger partial charge in [0.1, 0.15) is 0 Å². The molecule has 0 aromatic carbocycles. The summed E-state index contributed by atoms with van der Waals surface area (Å²) in [5, 5.41) is 6.18. The van der Waals surface area contributed by atoms with Gasteiger partial charge in [-0.15, -0.1) is 0 Å². The van der Waals surface area contributed by atoms with Crippen molar-refractivity contribution >= 4 is 10.0 Å². The van der Waals surface area contributed by atoms with Gasteiger partial charge in [0.2, 0.25) is 0 Å². The summed E-state index contributed by atoms with van der Waals surface area (Å²) in [6.45, 7) is 2.91. The van der Waals surface area contributed by atoms with E-state index in [4.69, 9.17) is 4.74 Å². The van der Waals surface area contributed by atoms with E-state index in [1.165, 1.54) is 23.7 Å². The monoisotopic (exact) mass is 233 g/mol. The summed E-state index contributed by atoms with van der Waals surface area (Å²) in [5.41, 5.74) is 0. The molecule has 0 fully saturated rings. The summed E-state index contributed by atoms with van der Waals surface area (Å²) >= 11 is 0. The molecule has 0 aliphatic heterocycles. The molecule has 0 aliphatic carbocycles. The normalized spacial score (nSPS) is 12.2. The molecule has 0 spiro atoms. The van der Waals surface area contributed by atoms with Crippen LogP contribution in [0.15, 0.2) is 17.3 Å². The zero-order chi connectivity index (χ0) is 11.3. The van der Waals surface area contributed by atoms with E-state index in [0.717, 1.165) is 0 Å². The number of aromatic amines is 1. The van der Waals surface area contributed by atoms with Crippen LogP contribution in [0.4, 0.5) is 0 Å². The number of H-pyrrole nitrogens is 1. The molecule has 0 aliphatic rings. The Morgan fingerprint density at radius 3 is 2.80 bits per heavy atom. The third-order valence-corrected chi connectivity index (χ3v) is 3.89. The largest absolute Gasteiger partial charge is 0.383 e. The fourth-order valence-corrected chi connectivity index (χ4v) is 2.50. The van der Waals surface area contributed by atoms with E-state index in [1.807, 2.05) is 0 Å². The first-order valence-electron chi connectivity index (χ1n) is 4.61. The van der Waals surface area contributed by atoms with Crippen LogP contribution in [0.25, 0.3) is 0 Å². The minimum atomic E-state index is -3.44. The molecular weight excluding hydrogens is 218 g/mol. The second-order valence-corrected chi connectivity index (χ2v) is 4.82. The van der Waals surface area contributed by atoms with E-state index < -0.39 is 10.0 Å². The van der Waals surface area contributed by atoms with E-state index in [1.54, 1.807) is 6.92 Å². The van der Waals surface area contributed by atoms with Gasteiger partial charge in [-0.05, 0) is 6.07 Å². The fourth-order valence-electron chi connectivity index (χ4n) is 1.17. The molecule has 1 N–H and O–H groups in total. The summed E-state index contributed by atoms with van der Waals surface area (Å²) < 4.78 is 30.1. The number of likely N-dealkylation sites (N-methyl/N-ethyl adjacent to an activating group) is 1. The Labute approximate surface area is 89.3 Å². The maximum absolute atomic E-state index is 11.9. The predicted molar refractivity (Wildman–Crippen MR) is 54.9 cm³/mol. The van der Waals surface area contributed by atoms with E-state index in [2.05, 4.69) is 10.2 Å². The first-order valence-corrected chi connectivity index (χ1v) is 6.05. The van der Waals surface area contributed by atoms with Gasteiger partial charge in [-0.25, -0.2) is 8.42 Å². The number of nitrogens with zero attached hydrogens (tertiary/aromatic N) is 2. The van der Waals surface area contributed by atoms with Gasteiger partial charge in [0, 0.05) is 20.2 Å². The molecular formula is C8H15N3O3S. The lowest BCUT2D eigenvalue weighted by atomic mass is 10.6. The lowest BCUT2D eigenvalue weighted by Crippen LogP contribution is -2.33. The lowest BCUT2D eigenvalue weighted by molar-refractivity contribution is 0.180. The zero-order valence-corrected chi connectivity index (χ0v) is 9.62. The number of nitrogens with one attached hydrogen (secondary N) is 1. The van der Waals surface area contributed by atoms with Gasteiger partial charge in [0.05, 0.1) is 12.8 Å². The summed E-state index contributed by atoms with van der Waals surface area (Å²) in [6, 6.07) is 1.44. The number of ether oxygens (including phenoxy) is 1. The zero-order valence-electron chi connectivity index (χ0n) is 8.80. The SMILES string of the molecule is CCN(CCOC)S(=O)(=O)c1ccn[nH]1. The average Bonchev–Trinajstić information content (AvgIpc) is 2.72. The second-order valence-electron chi connectivity index (χ2n) is 2.91. The molecule has 0 bridgehead atoms. The number of hydrogen-bond donors (Lipinski definition) is 1. The summed E-state index contributed by atoms with van der Waals surface area (Å²) in [4.78, 5) is 0. The maximum atomic E-state index is 11.9.